The molecule has 0 bridgehead atoms. The van der Waals surface area contributed by atoms with Crippen LogP contribution >= 0.6 is 24.0 Å². The number of halogens is 4. The maximum atomic E-state index is 12.3. The zero-order valence-corrected chi connectivity index (χ0v) is 15.7. The summed E-state index contributed by atoms with van der Waals surface area (Å²) in [6, 6.07) is 5.50. The van der Waals surface area contributed by atoms with Crippen LogP contribution in [0.3, 0.4) is 0 Å². The van der Waals surface area contributed by atoms with Crippen molar-refractivity contribution in [3.63, 3.8) is 0 Å². The Kier molecular flexibility index (Phi) is 8.26. The van der Waals surface area contributed by atoms with Gasteiger partial charge in [0.2, 0.25) is 5.91 Å². The van der Waals surface area contributed by atoms with Crippen molar-refractivity contribution < 1.29 is 22.7 Å². The summed E-state index contributed by atoms with van der Waals surface area (Å²) in [5.41, 5.74) is 5.70. The minimum absolute atomic E-state index is 0. The van der Waals surface area contributed by atoms with Crippen molar-refractivity contribution in [3.8, 4) is 5.75 Å². The Morgan fingerprint density at radius 2 is 1.92 bits per heavy atom. The van der Waals surface area contributed by atoms with Gasteiger partial charge in [-0.3, -0.25) is 9.79 Å². The van der Waals surface area contributed by atoms with E-state index in [1.165, 1.54) is 24.3 Å². The average molecular weight is 472 g/mol. The molecule has 1 aliphatic rings. The zero-order chi connectivity index (χ0) is 17.6. The molecule has 6 nitrogen and oxygen atoms in total. The van der Waals surface area contributed by atoms with E-state index in [9.17, 15) is 18.0 Å². The van der Waals surface area contributed by atoms with Gasteiger partial charge in [-0.2, -0.15) is 0 Å². The van der Waals surface area contributed by atoms with Gasteiger partial charge in [0.15, 0.2) is 11.7 Å². The highest BCUT2D eigenvalue weighted by Crippen LogP contribution is 2.29. The third-order valence-corrected chi connectivity index (χ3v) is 3.44. The van der Waals surface area contributed by atoms with Crippen LogP contribution in [0.2, 0.25) is 0 Å². The normalized spacial score (nSPS) is 14.8. The SMILES string of the molecule is I.NC(=NCCC(=O)N1CCCC1)Nc1ccccc1OC(F)(F)F. The van der Waals surface area contributed by atoms with Crippen molar-refractivity contribution in [1.29, 1.82) is 0 Å². The predicted molar refractivity (Wildman–Crippen MR) is 99.1 cm³/mol. The van der Waals surface area contributed by atoms with E-state index in [0.29, 0.717) is 0 Å². The summed E-state index contributed by atoms with van der Waals surface area (Å²) >= 11 is 0. The van der Waals surface area contributed by atoms with Gasteiger partial charge in [0, 0.05) is 19.5 Å². The monoisotopic (exact) mass is 472 g/mol. The number of nitrogens with zero attached hydrogens (tertiary/aromatic N) is 2. The molecule has 0 spiro atoms. The Hall–Kier alpha value is -1.72. The molecule has 1 saturated heterocycles. The number of benzene rings is 1. The first-order valence-electron chi connectivity index (χ1n) is 7.54. The number of alkyl halides is 3. The van der Waals surface area contributed by atoms with Gasteiger partial charge in [-0.25, -0.2) is 0 Å². The lowest BCUT2D eigenvalue weighted by Gasteiger charge is -2.15. The van der Waals surface area contributed by atoms with Crippen molar-refractivity contribution in [2.24, 2.45) is 10.7 Å². The molecule has 10 heteroatoms. The van der Waals surface area contributed by atoms with Crippen LogP contribution in [0.1, 0.15) is 19.3 Å². The van der Waals surface area contributed by atoms with Crippen molar-refractivity contribution in [2.45, 2.75) is 25.6 Å². The first-order chi connectivity index (χ1) is 11.3. The summed E-state index contributed by atoms with van der Waals surface area (Å²) in [6.07, 6.45) is -2.57. The van der Waals surface area contributed by atoms with Gasteiger partial charge in [-0.05, 0) is 25.0 Å². The summed E-state index contributed by atoms with van der Waals surface area (Å²) in [4.78, 5) is 17.6. The quantitative estimate of drug-likeness (QED) is 0.393. The van der Waals surface area contributed by atoms with Crippen LogP contribution in [0.5, 0.6) is 5.75 Å². The van der Waals surface area contributed by atoms with Crippen LogP contribution in [0.15, 0.2) is 29.3 Å². The molecule has 0 atom stereocenters. The minimum Gasteiger partial charge on any atom is -0.404 e. The standard InChI is InChI=1S/C15H19F3N4O2.HI/c16-15(17,18)24-12-6-2-1-5-11(12)21-14(19)20-8-7-13(23)22-9-3-4-10-22;/h1-2,5-6H,3-4,7-10H2,(H3,19,20,21);1H. The van der Waals surface area contributed by atoms with Crippen molar-refractivity contribution in [1.82, 2.24) is 4.90 Å². The number of ether oxygens (including phenoxy) is 1. The largest absolute Gasteiger partial charge is 0.573 e. The van der Waals surface area contributed by atoms with Gasteiger partial charge in [-0.1, -0.05) is 12.1 Å². The fourth-order valence-electron chi connectivity index (χ4n) is 2.36. The Balaban J connectivity index is 0.00000312. The minimum atomic E-state index is -4.80. The Morgan fingerprint density at radius 1 is 1.28 bits per heavy atom. The molecule has 0 saturated carbocycles. The summed E-state index contributed by atoms with van der Waals surface area (Å²) in [7, 11) is 0. The summed E-state index contributed by atoms with van der Waals surface area (Å²) in [5.74, 6) is -0.483. The number of amides is 1. The number of carbonyl (C=O) groups is 1. The molecule has 2 rings (SSSR count). The van der Waals surface area contributed by atoms with E-state index in [1.807, 2.05) is 0 Å². The first kappa shape index (κ1) is 21.3. The third kappa shape index (κ3) is 7.36. The van der Waals surface area contributed by atoms with Gasteiger partial charge in [0.05, 0.1) is 12.2 Å². The van der Waals surface area contributed by atoms with E-state index in [2.05, 4.69) is 15.0 Å². The Bertz CT molecular complexity index is 605. The molecule has 1 heterocycles. The van der Waals surface area contributed by atoms with Gasteiger partial charge in [0.25, 0.3) is 0 Å². The van der Waals surface area contributed by atoms with Gasteiger partial charge in [0.1, 0.15) is 0 Å². The number of nitrogens with one attached hydrogen (secondary N) is 1. The highest BCUT2D eigenvalue weighted by Gasteiger charge is 2.32. The molecule has 1 amide bonds. The highest BCUT2D eigenvalue weighted by molar-refractivity contribution is 14.0. The molecule has 0 unspecified atom stereocenters. The molecule has 1 aromatic rings. The van der Waals surface area contributed by atoms with Gasteiger partial charge >= 0.3 is 6.36 Å². The average Bonchev–Trinajstić information content (AvgIpc) is 3.02. The van der Waals surface area contributed by atoms with Gasteiger partial charge < -0.3 is 20.7 Å². The van der Waals surface area contributed by atoms with E-state index in [1.54, 1.807) is 4.90 Å². The Morgan fingerprint density at radius 3 is 2.56 bits per heavy atom. The van der Waals surface area contributed by atoms with Crippen LogP contribution in [-0.4, -0.2) is 42.8 Å². The third-order valence-electron chi connectivity index (χ3n) is 3.44. The summed E-state index contributed by atoms with van der Waals surface area (Å²) < 4.78 is 40.9. The lowest BCUT2D eigenvalue weighted by molar-refractivity contribution is -0.274. The second kappa shape index (κ2) is 9.68. The maximum Gasteiger partial charge on any atom is 0.573 e. The fourth-order valence-corrected chi connectivity index (χ4v) is 2.36. The lowest BCUT2D eigenvalue weighted by atomic mass is 10.3. The maximum absolute atomic E-state index is 12.3. The van der Waals surface area contributed by atoms with Crippen molar-refractivity contribution in [2.75, 3.05) is 25.0 Å². The zero-order valence-electron chi connectivity index (χ0n) is 13.4. The number of likely N-dealkylation sites (tertiary alicyclic amines) is 1. The van der Waals surface area contributed by atoms with Crippen LogP contribution in [0, 0.1) is 0 Å². The number of hydrogen-bond acceptors (Lipinski definition) is 3. The van der Waals surface area contributed by atoms with Crippen LogP contribution in [0.4, 0.5) is 18.9 Å². The molecular formula is C15H20F3IN4O2. The number of nitrogens with two attached hydrogens (primary N) is 1. The number of guanidine groups is 1. The number of carbonyl (C=O) groups excluding carboxylic acids is 1. The number of aliphatic imine (C=N–C) groups is 1. The molecule has 140 valence electrons. The molecule has 0 radical (unpaired) electrons. The first-order valence-corrected chi connectivity index (χ1v) is 7.54. The van der Waals surface area contributed by atoms with Crippen molar-refractivity contribution >= 4 is 41.5 Å². The van der Waals surface area contributed by atoms with Crippen LogP contribution in [-0.2, 0) is 4.79 Å². The van der Waals surface area contributed by atoms with Crippen LogP contribution in [0.25, 0.3) is 0 Å². The topological polar surface area (TPSA) is 80.0 Å². The molecule has 3 N–H and O–H groups in total. The number of hydrogen-bond donors (Lipinski definition) is 2. The smallest absolute Gasteiger partial charge is 0.404 e. The molecular weight excluding hydrogens is 452 g/mol. The Labute approximate surface area is 160 Å². The van der Waals surface area contributed by atoms with Crippen molar-refractivity contribution in [3.05, 3.63) is 24.3 Å². The predicted octanol–water partition coefficient (Wildman–Crippen LogP) is 2.94. The molecule has 0 aromatic heterocycles. The molecule has 1 fully saturated rings. The lowest BCUT2D eigenvalue weighted by Crippen LogP contribution is -2.29. The van der Waals surface area contributed by atoms with E-state index < -0.39 is 12.1 Å². The summed E-state index contributed by atoms with van der Waals surface area (Å²) in [6.45, 7) is 1.69. The fraction of sp³-hybridized carbons (Fsp3) is 0.467. The molecule has 1 aromatic carbocycles. The van der Waals surface area contributed by atoms with Gasteiger partial charge in [-0.15, -0.1) is 37.1 Å². The number of anilines is 1. The molecule has 1 aliphatic heterocycles. The van der Waals surface area contributed by atoms with E-state index in [4.69, 9.17) is 5.73 Å². The van der Waals surface area contributed by atoms with E-state index >= 15 is 0 Å². The molecule has 0 aliphatic carbocycles. The second-order valence-electron chi connectivity index (χ2n) is 5.27. The highest BCUT2D eigenvalue weighted by atomic mass is 127. The van der Waals surface area contributed by atoms with E-state index in [0.717, 1.165) is 25.9 Å². The summed E-state index contributed by atoms with van der Waals surface area (Å²) in [5, 5.41) is 2.55. The van der Waals surface area contributed by atoms with E-state index in [-0.39, 0.29) is 54.5 Å². The number of rotatable bonds is 5. The number of para-hydroxylation sites is 2. The molecule has 25 heavy (non-hydrogen) atoms. The van der Waals surface area contributed by atoms with Crippen LogP contribution < -0.4 is 15.8 Å². The second-order valence-corrected chi connectivity index (χ2v) is 5.27.